The van der Waals surface area contributed by atoms with Gasteiger partial charge in [-0.25, -0.2) is 4.79 Å². The fourth-order valence-electron chi connectivity index (χ4n) is 2.41. The number of carboxylic acid groups (broad SMARTS) is 1. The molecule has 0 saturated heterocycles. The van der Waals surface area contributed by atoms with Gasteiger partial charge in [0.05, 0.1) is 5.56 Å². The summed E-state index contributed by atoms with van der Waals surface area (Å²) in [6.07, 6.45) is 1.97. The van der Waals surface area contributed by atoms with Crippen molar-refractivity contribution in [2.45, 2.75) is 38.1 Å². The lowest BCUT2D eigenvalue weighted by atomic mass is 9.71. The first kappa shape index (κ1) is 11.1. The number of nitrogens with two attached hydrogens (primary N) is 1. The van der Waals surface area contributed by atoms with Gasteiger partial charge in [-0.15, -0.1) is 0 Å². The van der Waals surface area contributed by atoms with Crippen LogP contribution in [-0.4, -0.2) is 11.1 Å². The van der Waals surface area contributed by atoms with E-state index >= 15 is 0 Å². The molecule has 2 rings (SSSR count). The molecule has 3 nitrogen and oxygen atoms in total. The van der Waals surface area contributed by atoms with Crippen LogP contribution in [0.1, 0.15) is 54.2 Å². The van der Waals surface area contributed by atoms with Gasteiger partial charge in [-0.3, -0.25) is 0 Å². The average molecular weight is 219 g/mol. The van der Waals surface area contributed by atoms with Crippen LogP contribution < -0.4 is 5.73 Å². The Bertz CT molecular complexity index is 438. The van der Waals surface area contributed by atoms with E-state index in [1.165, 1.54) is 0 Å². The number of aromatic carboxylic acids is 1. The number of carboxylic acids is 1. The van der Waals surface area contributed by atoms with Gasteiger partial charge < -0.3 is 10.8 Å². The van der Waals surface area contributed by atoms with Crippen molar-refractivity contribution in [2.75, 3.05) is 0 Å². The molecule has 0 spiro atoms. The number of hydrogen-bond donors (Lipinski definition) is 2. The minimum atomic E-state index is -0.877. The summed E-state index contributed by atoms with van der Waals surface area (Å²) in [5.41, 5.74) is 8.61. The van der Waals surface area contributed by atoms with Crippen LogP contribution >= 0.6 is 0 Å². The summed E-state index contributed by atoms with van der Waals surface area (Å²) in [6, 6.07) is 5.33. The van der Waals surface area contributed by atoms with Gasteiger partial charge in [-0.05, 0) is 41.5 Å². The summed E-state index contributed by atoms with van der Waals surface area (Å²) in [5.74, 6) is -0.877. The number of fused-ring (bicyclic) bond motifs is 1. The van der Waals surface area contributed by atoms with E-state index in [-0.39, 0.29) is 11.5 Å². The van der Waals surface area contributed by atoms with Gasteiger partial charge in [0.1, 0.15) is 0 Å². The Morgan fingerprint density at radius 1 is 1.50 bits per heavy atom. The lowest BCUT2D eigenvalue weighted by molar-refractivity contribution is 0.0696. The Morgan fingerprint density at radius 2 is 2.19 bits per heavy atom. The van der Waals surface area contributed by atoms with Crippen LogP contribution in [0.15, 0.2) is 18.2 Å². The Morgan fingerprint density at radius 3 is 2.81 bits per heavy atom. The summed E-state index contributed by atoms with van der Waals surface area (Å²) in [5, 5.41) is 8.99. The van der Waals surface area contributed by atoms with Crippen LogP contribution in [0.2, 0.25) is 0 Å². The molecular weight excluding hydrogens is 202 g/mol. The van der Waals surface area contributed by atoms with Crippen molar-refractivity contribution in [3.8, 4) is 0 Å². The van der Waals surface area contributed by atoms with Crippen LogP contribution in [0.3, 0.4) is 0 Å². The molecule has 1 unspecified atom stereocenters. The summed E-state index contributed by atoms with van der Waals surface area (Å²) in [4.78, 5) is 10.9. The molecular formula is C13H17NO2. The van der Waals surface area contributed by atoms with Gasteiger partial charge >= 0.3 is 5.97 Å². The molecule has 0 heterocycles. The van der Waals surface area contributed by atoms with E-state index in [1.807, 2.05) is 6.07 Å². The summed E-state index contributed by atoms with van der Waals surface area (Å²) in [7, 11) is 0. The maximum absolute atomic E-state index is 10.9. The summed E-state index contributed by atoms with van der Waals surface area (Å²) < 4.78 is 0. The molecule has 0 saturated carbocycles. The fraction of sp³-hybridized carbons (Fsp3) is 0.462. The predicted octanol–water partition coefficient (Wildman–Crippen LogP) is 2.46. The highest BCUT2D eigenvalue weighted by Gasteiger charge is 2.31. The second kappa shape index (κ2) is 3.59. The normalized spacial score (nSPS) is 22.6. The van der Waals surface area contributed by atoms with Crippen LogP contribution in [-0.2, 0) is 5.41 Å². The summed E-state index contributed by atoms with van der Waals surface area (Å²) >= 11 is 0. The van der Waals surface area contributed by atoms with E-state index in [0.717, 1.165) is 24.0 Å². The molecule has 1 atom stereocenters. The minimum absolute atomic E-state index is 0.0245. The average Bonchev–Trinajstić information content (AvgIpc) is 2.23. The number of carbonyl (C=O) groups is 1. The number of rotatable bonds is 1. The van der Waals surface area contributed by atoms with Gasteiger partial charge in [0.25, 0.3) is 0 Å². The van der Waals surface area contributed by atoms with Gasteiger partial charge in [0.2, 0.25) is 0 Å². The zero-order chi connectivity index (χ0) is 11.9. The first-order valence-corrected chi connectivity index (χ1v) is 5.55. The highest BCUT2D eigenvalue weighted by molar-refractivity contribution is 5.88. The van der Waals surface area contributed by atoms with Crippen molar-refractivity contribution >= 4 is 5.97 Å². The molecule has 3 N–H and O–H groups in total. The maximum atomic E-state index is 10.9. The molecule has 1 aliphatic rings. The third kappa shape index (κ3) is 1.71. The number of benzene rings is 1. The third-order valence-corrected chi connectivity index (χ3v) is 3.51. The standard InChI is InChI=1S/C13H17NO2/c1-13(2)6-5-11(14)9-4-3-8(12(15)16)7-10(9)13/h3-4,7,11H,5-6,14H2,1-2H3,(H,15,16). The monoisotopic (exact) mass is 219 g/mol. The van der Waals surface area contributed by atoms with Crippen molar-refractivity contribution < 1.29 is 9.90 Å². The topological polar surface area (TPSA) is 63.3 Å². The van der Waals surface area contributed by atoms with Crippen LogP contribution in [0.5, 0.6) is 0 Å². The molecule has 0 radical (unpaired) electrons. The first-order chi connectivity index (χ1) is 7.42. The van der Waals surface area contributed by atoms with E-state index in [9.17, 15) is 4.79 Å². The van der Waals surface area contributed by atoms with Crippen LogP contribution in [0, 0.1) is 0 Å². The third-order valence-electron chi connectivity index (χ3n) is 3.51. The van der Waals surface area contributed by atoms with Gasteiger partial charge in [0.15, 0.2) is 0 Å². The van der Waals surface area contributed by atoms with E-state index in [4.69, 9.17) is 10.8 Å². The molecule has 0 aliphatic heterocycles. The maximum Gasteiger partial charge on any atom is 0.335 e. The second-order valence-corrected chi connectivity index (χ2v) is 5.14. The second-order valence-electron chi connectivity index (χ2n) is 5.14. The van der Waals surface area contributed by atoms with Crippen molar-refractivity contribution in [2.24, 2.45) is 5.73 Å². The van der Waals surface area contributed by atoms with Crippen LogP contribution in [0.25, 0.3) is 0 Å². The van der Waals surface area contributed by atoms with Gasteiger partial charge in [-0.1, -0.05) is 19.9 Å². The quantitative estimate of drug-likeness (QED) is 0.762. The van der Waals surface area contributed by atoms with Gasteiger partial charge in [-0.2, -0.15) is 0 Å². The Labute approximate surface area is 95.3 Å². The SMILES string of the molecule is CC1(C)CCC(N)c2ccc(C(=O)O)cc21. The minimum Gasteiger partial charge on any atom is -0.478 e. The van der Waals surface area contributed by atoms with E-state index < -0.39 is 5.97 Å². The molecule has 1 aromatic carbocycles. The Kier molecular flexibility index (Phi) is 2.50. The highest BCUT2D eigenvalue weighted by atomic mass is 16.4. The molecule has 3 heteroatoms. The first-order valence-electron chi connectivity index (χ1n) is 5.55. The van der Waals surface area contributed by atoms with Crippen molar-refractivity contribution in [1.82, 2.24) is 0 Å². The zero-order valence-corrected chi connectivity index (χ0v) is 9.66. The number of hydrogen-bond acceptors (Lipinski definition) is 2. The molecule has 1 aromatic rings. The fourth-order valence-corrected chi connectivity index (χ4v) is 2.41. The predicted molar refractivity (Wildman–Crippen MR) is 62.6 cm³/mol. The molecule has 0 fully saturated rings. The summed E-state index contributed by atoms with van der Waals surface area (Å²) in [6.45, 7) is 4.28. The molecule has 1 aliphatic carbocycles. The molecule has 16 heavy (non-hydrogen) atoms. The van der Waals surface area contributed by atoms with Crippen molar-refractivity contribution in [1.29, 1.82) is 0 Å². The molecule has 86 valence electrons. The van der Waals surface area contributed by atoms with E-state index in [0.29, 0.717) is 5.56 Å². The Hall–Kier alpha value is -1.35. The molecule has 0 amide bonds. The molecule has 0 aromatic heterocycles. The Balaban J connectivity index is 2.57. The highest BCUT2D eigenvalue weighted by Crippen LogP contribution is 2.40. The van der Waals surface area contributed by atoms with Crippen molar-refractivity contribution in [3.05, 3.63) is 34.9 Å². The largest absolute Gasteiger partial charge is 0.478 e. The van der Waals surface area contributed by atoms with Crippen LogP contribution in [0.4, 0.5) is 0 Å². The molecule has 0 bridgehead atoms. The van der Waals surface area contributed by atoms with Crippen molar-refractivity contribution in [3.63, 3.8) is 0 Å². The van der Waals surface area contributed by atoms with Gasteiger partial charge in [0, 0.05) is 6.04 Å². The van der Waals surface area contributed by atoms with E-state index in [2.05, 4.69) is 13.8 Å². The lowest BCUT2D eigenvalue weighted by Crippen LogP contribution is -2.29. The van der Waals surface area contributed by atoms with E-state index in [1.54, 1.807) is 12.1 Å². The lowest BCUT2D eigenvalue weighted by Gasteiger charge is -2.35. The smallest absolute Gasteiger partial charge is 0.335 e. The zero-order valence-electron chi connectivity index (χ0n) is 9.66.